The lowest BCUT2D eigenvalue weighted by molar-refractivity contribution is 0.0601. The average molecular weight is 285 g/mol. The molecular weight excluding hydrogens is 266 g/mol. The van der Waals surface area contributed by atoms with Gasteiger partial charge in [-0.05, 0) is 38.5 Å². The van der Waals surface area contributed by atoms with Crippen LogP contribution in [-0.4, -0.2) is 23.0 Å². The summed E-state index contributed by atoms with van der Waals surface area (Å²) in [6.07, 6.45) is 3.35. The highest BCUT2D eigenvalue weighted by molar-refractivity contribution is 5.90. The van der Waals surface area contributed by atoms with Crippen LogP contribution in [-0.2, 0) is 4.74 Å². The molecule has 1 aromatic heterocycles. The minimum atomic E-state index is -0.346. The van der Waals surface area contributed by atoms with Crippen LogP contribution >= 0.6 is 0 Å². The van der Waals surface area contributed by atoms with Gasteiger partial charge in [0.2, 0.25) is 0 Å². The van der Waals surface area contributed by atoms with Gasteiger partial charge < -0.3 is 10.1 Å². The predicted molar refractivity (Wildman–Crippen MR) is 81.3 cm³/mol. The van der Waals surface area contributed by atoms with Gasteiger partial charge in [0, 0.05) is 18.1 Å². The fourth-order valence-corrected chi connectivity index (χ4v) is 2.17. The van der Waals surface area contributed by atoms with Gasteiger partial charge in [-0.1, -0.05) is 6.07 Å². The second-order valence-electron chi connectivity index (χ2n) is 4.91. The van der Waals surface area contributed by atoms with Crippen LogP contribution in [0, 0.1) is 13.8 Å². The lowest BCUT2D eigenvalue weighted by Crippen LogP contribution is -2.12. The first kappa shape index (κ1) is 15.0. The highest BCUT2D eigenvalue weighted by Crippen LogP contribution is 2.23. The molecule has 0 saturated carbocycles. The molecule has 0 aliphatic rings. The first-order valence-corrected chi connectivity index (χ1v) is 6.76. The zero-order chi connectivity index (χ0) is 15.4. The van der Waals surface area contributed by atoms with E-state index in [-0.39, 0.29) is 12.0 Å². The maximum atomic E-state index is 11.6. The molecule has 0 fully saturated rings. The highest BCUT2D eigenvalue weighted by atomic mass is 16.5. The Morgan fingerprint density at radius 1 is 1.24 bits per heavy atom. The largest absolute Gasteiger partial charge is 0.465 e. The zero-order valence-electron chi connectivity index (χ0n) is 12.7. The van der Waals surface area contributed by atoms with Crippen molar-refractivity contribution in [2.24, 2.45) is 0 Å². The van der Waals surface area contributed by atoms with Gasteiger partial charge in [-0.25, -0.2) is 4.79 Å². The average Bonchev–Trinajstić information content (AvgIpc) is 2.49. The molecule has 21 heavy (non-hydrogen) atoms. The van der Waals surface area contributed by atoms with Gasteiger partial charge >= 0.3 is 5.97 Å². The molecule has 0 spiro atoms. The number of anilines is 1. The molecule has 5 nitrogen and oxygen atoms in total. The van der Waals surface area contributed by atoms with Crippen molar-refractivity contribution in [3.63, 3.8) is 0 Å². The molecular formula is C16H19N3O2. The Bertz CT molecular complexity index is 656. The lowest BCUT2D eigenvalue weighted by Gasteiger charge is -2.18. The summed E-state index contributed by atoms with van der Waals surface area (Å²) in [5.74, 6) is -0.346. The van der Waals surface area contributed by atoms with E-state index in [9.17, 15) is 4.79 Å². The third-order valence-corrected chi connectivity index (χ3v) is 3.36. The Labute approximate surface area is 124 Å². The smallest absolute Gasteiger partial charge is 0.337 e. The summed E-state index contributed by atoms with van der Waals surface area (Å²) in [5.41, 5.74) is 4.24. The van der Waals surface area contributed by atoms with Crippen LogP contribution in [0.5, 0.6) is 0 Å². The van der Waals surface area contributed by atoms with Gasteiger partial charge in [-0.15, -0.1) is 0 Å². The van der Waals surface area contributed by atoms with E-state index in [4.69, 9.17) is 4.74 Å². The first-order valence-electron chi connectivity index (χ1n) is 6.76. The minimum Gasteiger partial charge on any atom is -0.465 e. The number of aryl methyl sites for hydroxylation is 2. The van der Waals surface area contributed by atoms with Gasteiger partial charge in [0.25, 0.3) is 0 Å². The number of methoxy groups -OCH3 is 1. The third-order valence-electron chi connectivity index (χ3n) is 3.36. The summed E-state index contributed by atoms with van der Waals surface area (Å²) in [4.78, 5) is 20.2. The number of hydrogen-bond acceptors (Lipinski definition) is 5. The number of nitrogens with zero attached hydrogens (tertiary/aromatic N) is 2. The van der Waals surface area contributed by atoms with Crippen LogP contribution in [0.1, 0.15) is 40.3 Å². The van der Waals surface area contributed by atoms with Crippen molar-refractivity contribution in [3.8, 4) is 0 Å². The number of aromatic nitrogens is 2. The zero-order valence-corrected chi connectivity index (χ0v) is 12.7. The van der Waals surface area contributed by atoms with E-state index < -0.39 is 0 Å². The summed E-state index contributed by atoms with van der Waals surface area (Å²) in [6.45, 7) is 5.93. The van der Waals surface area contributed by atoms with E-state index in [0.29, 0.717) is 5.56 Å². The van der Waals surface area contributed by atoms with E-state index in [1.807, 2.05) is 26.8 Å². The summed E-state index contributed by atoms with van der Waals surface area (Å²) in [5, 5.41) is 3.38. The van der Waals surface area contributed by atoms with Gasteiger partial charge in [0.05, 0.1) is 30.1 Å². The Morgan fingerprint density at radius 2 is 1.95 bits per heavy atom. The maximum absolute atomic E-state index is 11.6. The van der Waals surface area contributed by atoms with E-state index >= 15 is 0 Å². The summed E-state index contributed by atoms with van der Waals surface area (Å²) < 4.78 is 4.75. The van der Waals surface area contributed by atoms with Crippen molar-refractivity contribution in [1.82, 2.24) is 9.97 Å². The van der Waals surface area contributed by atoms with Crippen LogP contribution in [0.2, 0.25) is 0 Å². The van der Waals surface area contributed by atoms with Crippen LogP contribution in [0.25, 0.3) is 0 Å². The fraction of sp³-hybridized carbons (Fsp3) is 0.312. The van der Waals surface area contributed by atoms with Crippen LogP contribution in [0.15, 0.2) is 30.6 Å². The monoisotopic (exact) mass is 285 g/mol. The van der Waals surface area contributed by atoms with Crippen molar-refractivity contribution < 1.29 is 9.53 Å². The van der Waals surface area contributed by atoms with Crippen molar-refractivity contribution in [2.45, 2.75) is 26.8 Å². The molecule has 2 rings (SSSR count). The molecule has 1 atom stereocenters. The van der Waals surface area contributed by atoms with E-state index in [0.717, 1.165) is 22.6 Å². The fourth-order valence-electron chi connectivity index (χ4n) is 2.17. The second-order valence-corrected chi connectivity index (χ2v) is 4.91. The van der Waals surface area contributed by atoms with Crippen LogP contribution < -0.4 is 5.32 Å². The lowest BCUT2D eigenvalue weighted by atomic mass is 10.1. The van der Waals surface area contributed by atoms with Crippen molar-refractivity contribution in [3.05, 3.63) is 53.1 Å². The molecule has 1 aromatic carbocycles. The van der Waals surface area contributed by atoms with E-state index in [1.54, 1.807) is 24.5 Å². The summed E-state index contributed by atoms with van der Waals surface area (Å²) in [6, 6.07) is 5.43. The summed E-state index contributed by atoms with van der Waals surface area (Å²) in [7, 11) is 1.38. The minimum absolute atomic E-state index is 0.00898. The molecule has 0 radical (unpaired) electrons. The van der Waals surface area contributed by atoms with Gasteiger partial charge in [-0.3, -0.25) is 9.97 Å². The molecule has 110 valence electrons. The number of hydrogen-bond donors (Lipinski definition) is 1. The number of carbonyl (C=O) groups is 1. The number of esters is 1. The number of carbonyl (C=O) groups excluding carboxylic acids is 1. The van der Waals surface area contributed by atoms with Gasteiger partial charge in [0.1, 0.15) is 0 Å². The number of benzene rings is 1. The van der Waals surface area contributed by atoms with E-state index in [2.05, 4.69) is 15.3 Å². The molecule has 0 saturated heterocycles. The Balaban J connectivity index is 2.27. The van der Waals surface area contributed by atoms with Crippen molar-refractivity contribution in [2.75, 3.05) is 12.4 Å². The van der Waals surface area contributed by atoms with Crippen LogP contribution in [0.3, 0.4) is 0 Å². The molecule has 0 amide bonds. The van der Waals surface area contributed by atoms with Crippen molar-refractivity contribution >= 4 is 11.7 Å². The summed E-state index contributed by atoms with van der Waals surface area (Å²) >= 11 is 0. The van der Waals surface area contributed by atoms with Crippen molar-refractivity contribution in [1.29, 1.82) is 0 Å². The molecule has 2 aromatic rings. The molecule has 1 unspecified atom stereocenters. The molecule has 5 heteroatoms. The molecule has 0 bridgehead atoms. The topological polar surface area (TPSA) is 64.1 Å². The number of nitrogens with one attached hydrogen (secondary N) is 1. The maximum Gasteiger partial charge on any atom is 0.337 e. The quantitative estimate of drug-likeness (QED) is 0.875. The second kappa shape index (κ2) is 6.35. The molecule has 0 aliphatic carbocycles. The molecule has 1 N–H and O–H groups in total. The Morgan fingerprint density at radius 3 is 2.62 bits per heavy atom. The molecule has 1 heterocycles. The van der Waals surface area contributed by atoms with Gasteiger partial charge in [-0.2, -0.15) is 0 Å². The highest BCUT2D eigenvalue weighted by Gasteiger charge is 2.13. The number of rotatable bonds is 4. The van der Waals surface area contributed by atoms with Crippen LogP contribution in [0.4, 0.5) is 5.69 Å². The third kappa shape index (κ3) is 3.37. The SMILES string of the molecule is COC(=O)c1ccc(C)c(NC(C)c2nccnc2C)c1. The standard InChI is InChI=1S/C16H19N3O2/c1-10-5-6-13(16(20)21-4)9-14(10)19-12(3)15-11(2)17-7-8-18-15/h5-9,12,19H,1-4H3. The number of ether oxygens (including phenoxy) is 1. The predicted octanol–water partition coefficient (Wildman–Crippen LogP) is 3.05. The normalized spacial score (nSPS) is 11.8. The first-order chi connectivity index (χ1) is 10.0. The Hall–Kier alpha value is -2.43. The Kier molecular flexibility index (Phi) is 4.52. The van der Waals surface area contributed by atoms with E-state index in [1.165, 1.54) is 7.11 Å². The molecule has 0 aliphatic heterocycles. The van der Waals surface area contributed by atoms with Gasteiger partial charge in [0.15, 0.2) is 0 Å².